The van der Waals surface area contributed by atoms with E-state index in [1.165, 1.54) is 5.56 Å². The number of nitrogens with one attached hydrogen (secondary N) is 1. The summed E-state index contributed by atoms with van der Waals surface area (Å²) in [6, 6.07) is 16.0. The van der Waals surface area contributed by atoms with E-state index in [-0.39, 0.29) is 23.0 Å². The van der Waals surface area contributed by atoms with Crippen LogP contribution in [0.2, 0.25) is 0 Å². The number of rotatable bonds is 7. The Morgan fingerprint density at radius 3 is 2.32 bits per heavy atom. The highest BCUT2D eigenvalue weighted by Crippen LogP contribution is 2.42. The first-order valence-corrected chi connectivity index (χ1v) is 11.6. The minimum atomic E-state index is -0.534. The lowest BCUT2D eigenvalue weighted by molar-refractivity contribution is -0.129. The second kappa shape index (κ2) is 9.33. The highest BCUT2D eigenvalue weighted by molar-refractivity contribution is 5.81. The van der Waals surface area contributed by atoms with Gasteiger partial charge in [0.1, 0.15) is 17.1 Å². The fourth-order valence-corrected chi connectivity index (χ4v) is 4.21. The van der Waals surface area contributed by atoms with Gasteiger partial charge in [-0.1, -0.05) is 71.9 Å². The van der Waals surface area contributed by atoms with Crippen molar-refractivity contribution in [2.75, 3.05) is 0 Å². The number of carbonyl (C=O) groups is 1. The van der Waals surface area contributed by atoms with Gasteiger partial charge in [-0.3, -0.25) is 4.79 Å². The molecule has 0 spiro atoms. The third kappa shape index (κ3) is 5.23. The van der Waals surface area contributed by atoms with E-state index in [1.807, 2.05) is 43.3 Å². The molecular weight excluding hydrogens is 386 g/mol. The predicted octanol–water partition coefficient (Wildman–Crippen LogP) is 6.34. The molecule has 2 aromatic rings. The van der Waals surface area contributed by atoms with Gasteiger partial charge in [0, 0.05) is 12.0 Å². The Hall–Kier alpha value is -2.49. The van der Waals surface area contributed by atoms with Crippen molar-refractivity contribution in [3.05, 3.63) is 59.7 Å². The van der Waals surface area contributed by atoms with Crippen molar-refractivity contribution in [3.63, 3.8) is 0 Å². The number of benzene rings is 2. The van der Waals surface area contributed by atoms with Crippen molar-refractivity contribution in [1.82, 2.24) is 5.32 Å². The molecule has 4 heteroatoms. The minimum absolute atomic E-state index is 0.0785. The molecule has 1 aliphatic heterocycles. The Balaban J connectivity index is 1.75. The smallest absolute Gasteiger partial charge is 0.261 e. The first kappa shape index (κ1) is 23.2. The summed E-state index contributed by atoms with van der Waals surface area (Å²) < 4.78 is 12.5. The SMILES string of the molecule is CC[C@@H](Oc1ccc(C(C)(C)C)cc1)C(=O)N[C@@H]1CC(CC)(CC)Oc2ccccc21. The number of hydrogen-bond donors (Lipinski definition) is 1. The van der Waals surface area contributed by atoms with E-state index in [2.05, 4.69) is 52.1 Å². The van der Waals surface area contributed by atoms with Gasteiger partial charge < -0.3 is 14.8 Å². The van der Waals surface area contributed by atoms with E-state index in [9.17, 15) is 4.79 Å². The highest BCUT2D eigenvalue weighted by Gasteiger charge is 2.39. The lowest BCUT2D eigenvalue weighted by atomic mass is 9.83. The number of carbonyl (C=O) groups excluding carboxylic acids is 1. The minimum Gasteiger partial charge on any atom is -0.487 e. The zero-order valence-corrected chi connectivity index (χ0v) is 19.8. The number of fused-ring (bicyclic) bond motifs is 1. The summed E-state index contributed by atoms with van der Waals surface area (Å²) >= 11 is 0. The van der Waals surface area contributed by atoms with Gasteiger partial charge in [-0.25, -0.2) is 0 Å². The van der Waals surface area contributed by atoms with Crippen molar-refractivity contribution in [3.8, 4) is 11.5 Å². The third-order valence-corrected chi connectivity index (χ3v) is 6.46. The zero-order valence-electron chi connectivity index (χ0n) is 19.8. The van der Waals surface area contributed by atoms with E-state index in [4.69, 9.17) is 9.47 Å². The van der Waals surface area contributed by atoms with Crippen molar-refractivity contribution in [2.24, 2.45) is 0 Å². The molecule has 31 heavy (non-hydrogen) atoms. The maximum atomic E-state index is 13.2. The fraction of sp³-hybridized carbons (Fsp3) is 0.519. The van der Waals surface area contributed by atoms with Crippen LogP contribution in [0.15, 0.2) is 48.5 Å². The Morgan fingerprint density at radius 1 is 1.10 bits per heavy atom. The molecule has 0 saturated carbocycles. The van der Waals surface area contributed by atoms with Crippen LogP contribution in [0.5, 0.6) is 11.5 Å². The number of hydrogen-bond acceptors (Lipinski definition) is 3. The second-order valence-electron chi connectivity index (χ2n) is 9.58. The topological polar surface area (TPSA) is 47.6 Å². The molecule has 2 aromatic carbocycles. The summed E-state index contributed by atoms with van der Waals surface area (Å²) in [5, 5.41) is 3.26. The Kier molecular flexibility index (Phi) is 6.98. The van der Waals surface area contributed by atoms with Crippen LogP contribution in [-0.4, -0.2) is 17.6 Å². The van der Waals surface area contributed by atoms with Crippen LogP contribution >= 0.6 is 0 Å². The van der Waals surface area contributed by atoms with E-state index in [0.717, 1.165) is 36.3 Å². The molecule has 0 aromatic heterocycles. The average Bonchev–Trinajstić information content (AvgIpc) is 2.76. The highest BCUT2D eigenvalue weighted by atomic mass is 16.5. The van der Waals surface area contributed by atoms with Crippen LogP contribution in [0.3, 0.4) is 0 Å². The molecule has 4 nitrogen and oxygen atoms in total. The van der Waals surface area contributed by atoms with Crippen molar-refractivity contribution in [1.29, 1.82) is 0 Å². The van der Waals surface area contributed by atoms with Crippen molar-refractivity contribution >= 4 is 5.91 Å². The molecule has 0 fully saturated rings. The monoisotopic (exact) mass is 423 g/mol. The summed E-state index contributed by atoms with van der Waals surface area (Å²) in [4.78, 5) is 13.2. The lowest BCUT2D eigenvalue weighted by Gasteiger charge is -2.42. The van der Waals surface area contributed by atoms with Gasteiger partial charge in [0.05, 0.1) is 6.04 Å². The Bertz CT molecular complexity index is 878. The summed E-state index contributed by atoms with van der Waals surface area (Å²) in [7, 11) is 0. The maximum Gasteiger partial charge on any atom is 0.261 e. The lowest BCUT2D eigenvalue weighted by Crippen LogP contribution is -2.47. The summed E-state index contributed by atoms with van der Waals surface area (Å²) in [6.45, 7) is 12.8. The molecule has 0 unspecified atom stereocenters. The number of ether oxygens (including phenoxy) is 2. The van der Waals surface area contributed by atoms with E-state index >= 15 is 0 Å². The largest absolute Gasteiger partial charge is 0.487 e. The van der Waals surface area contributed by atoms with Gasteiger partial charge in [0.2, 0.25) is 0 Å². The van der Waals surface area contributed by atoms with E-state index in [1.54, 1.807) is 0 Å². The van der Waals surface area contributed by atoms with Crippen LogP contribution in [0, 0.1) is 0 Å². The maximum absolute atomic E-state index is 13.2. The first-order chi connectivity index (χ1) is 14.7. The second-order valence-corrected chi connectivity index (χ2v) is 9.58. The number of para-hydroxylation sites is 1. The fourth-order valence-electron chi connectivity index (χ4n) is 4.21. The van der Waals surface area contributed by atoms with Crippen molar-refractivity contribution in [2.45, 2.75) is 90.4 Å². The molecule has 168 valence electrons. The van der Waals surface area contributed by atoms with Gasteiger partial charge >= 0.3 is 0 Å². The molecule has 0 radical (unpaired) electrons. The van der Waals surface area contributed by atoms with Crippen LogP contribution in [0.4, 0.5) is 0 Å². The standard InChI is InChI=1S/C27H37NO3/c1-7-23(30-20-16-14-19(15-17-20)26(4,5)6)25(29)28-22-18-27(8-2,9-3)31-24-13-11-10-12-21(22)24/h10-17,22-23H,7-9,18H2,1-6H3,(H,28,29)/t22-,23-/m1/s1. The summed E-state index contributed by atoms with van der Waals surface area (Å²) in [5.74, 6) is 1.51. The van der Waals surface area contributed by atoms with Gasteiger partial charge in [-0.05, 0) is 48.4 Å². The van der Waals surface area contributed by atoms with Crippen LogP contribution in [-0.2, 0) is 10.2 Å². The molecule has 1 amide bonds. The molecule has 0 bridgehead atoms. The number of amides is 1. The Labute approximate surface area is 187 Å². The van der Waals surface area contributed by atoms with E-state index < -0.39 is 6.10 Å². The van der Waals surface area contributed by atoms with Gasteiger partial charge in [0.25, 0.3) is 5.91 Å². The molecule has 0 saturated heterocycles. The quantitative estimate of drug-likeness (QED) is 0.565. The van der Waals surface area contributed by atoms with Crippen LogP contribution in [0.25, 0.3) is 0 Å². The predicted molar refractivity (Wildman–Crippen MR) is 126 cm³/mol. The first-order valence-electron chi connectivity index (χ1n) is 11.6. The normalized spacial score (nSPS) is 18.5. The average molecular weight is 424 g/mol. The Morgan fingerprint density at radius 2 is 1.74 bits per heavy atom. The zero-order chi connectivity index (χ0) is 22.6. The molecular formula is C27H37NO3. The van der Waals surface area contributed by atoms with Crippen LogP contribution < -0.4 is 14.8 Å². The van der Waals surface area contributed by atoms with Gasteiger partial charge in [0.15, 0.2) is 6.10 Å². The van der Waals surface area contributed by atoms with Gasteiger partial charge in [-0.2, -0.15) is 0 Å². The summed E-state index contributed by atoms with van der Waals surface area (Å²) in [6.07, 6.45) is 2.63. The molecule has 1 heterocycles. The molecule has 3 rings (SSSR count). The van der Waals surface area contributed by atoms with Crippen LogP contribution in [0.1, 0.15) is 84.4 Å². The van der Waals surface area contributed by atoms with Gasteiger partial charge in [-0.15, -0.1) is 0 Å². The molecule has 1 aliphatic rings. The van der Waals surface area contributed by atoms with E-state index in [0.29, 0.717) is 6.42 Å². The summed E-state index contributed by atoms with van der Waals surface area (Å²) in [5.41, 5.74) is 2.11. The molecule has 1 N–H and O–H groups in total. The molecule has 0 aliphatic carbocycles. The third-order valence-electron chi connectivity index (χ3n) is 6.46. The molecule has 2 atom stereocenters. The van der Waals surface area contributed by atoms with Crippen molar-refractivity contribution < 1.29 is 14.3 Å².